The number of amides is 3. The fourth-order valence-electron chi connectivity index (χ4n) is 3.58. The van der Waals surface area contributed by atoms with Gasteiger partial charge in [0.05, 0.1) is 0 Å². The molecule has 0 spiro atoms. The van der Waals surface area contributed by atoms with Gasteiger partial charge in [-0.25, -0.2) is 0 Å². The second-order valence-electron chi connectivity index (χ2n) is 7.44. The third-order valence-corrected chi connectivity index (χ3v) is 5.31. The average Bonchev–Trinajstić information content (AvgIpc) is 3.35. The summed E-state index contributed by atoms with van der Waals surface area (Å²) in [6, 6.07) is 0. The molecule has 0 aliphatic carbocycles. The first kappa shape index (κ1) is 34.0. The van der Waals surface area contributed by atoms with Crippen molar-refractivity contribution in [3.8, 4) is 0 Å². The van der Waals surface area contributed by atoms with E-state index in [-0.39, 0.29) is 14.9 Å². The molecule has 0 saturated carbocycles. The standard InChI is InChI=1S/2C8H15NO.C5H9NO.C2H6.2CH4/c2*1-2-8(10)9-6-4-3-5-7-9;7-5-6-3-1-2-4-6;1-2;;/h2*2-7H2,1H3;5H,1-4H2;1-2H3;2*1H4. The molecular formula is C25H53N3O3. The van der Waals surface area contributed by atoms with Gasteiger partial charge in [-0.3, -0.25) is 14.4 Å². The van der Waals surface area contributed by atoms with Crippen LogP contribution < -0.4 is 0 Å². The van der Waals surface area contributed by atoms with Crippen molar-refractivity contribution in [3.63, 3.8) is 0 Å². The minimum Gasteiger partial charge on any atom is -0.345 e. The summed E-state index contributed by atoms with van der Waals surface area (Å²) in [5, 5.41) is 0. The first-order valence-corrected chi connectivity index (χ1v) is 11.9. The highest BCUT2D eigenvalue weighted by atomic mass is 16.2. The van der Waals surface area contributed by atoms with Gasteiger partial charge < -0.3 is 14.7 Å². The van der Waals surface area contributed by atoms with E-state index in [1.165, 1.54) is 51.4 Å². The largest absolute Gasteiger partial charge is 0.345 e. The Balaban J connectivity index is -0.000000358. The zero-order valence-corrected chi connectivity index (χ0v) is 19.5. The monoisotopic (exact) mass is 443 g/mol. The molecule has 0 aromatic heterocycles. The van der Waals surface area contributed by atoms with Gasteiger partial charge in [0, 0.05) is 52.1 Å². The highest BCUT2D eigenvalue weighted by Crippen LogP contribution is 2.10. The molecule has 3 fully saturated rings. The van der Waals surface area contributed by atoms with Crippen LogP contribution in [0.25, 0.3) is 0 Å². The molecule has 3 amide bonds. The Morgan fingerprint density at radius 2 is 0.903 bits per heavy atom. The van der Waals surface area contributed by atoms with Crippen LogP contribution >= 0.6 is 0 Å². The van der Waals surface area contributed by atoms with E-state index in [1.807, 2.05) is 37.5 Å². The van der Waals surface area contributed by atoms with Gasteiger partial charge in [-0.1, -0.05) is 42.5 Å². The maximum atomic E-state index is 11.1. The number of piperidine rings is 2. The zero-order valence-electron chi connectivity index (χ0n) is 19.5. The van der Waals surface area contributed by atoms with Crippen LogP contribution in [0, 0.1) is 0 Å². The highest BCUT2D eigenvalue weighted by Gasteiger charge is 2.14. The molecule has 0 bridgehead atoms. The van der Waals surface area contributed by atoms with Gasteiger partial charge in [-0.15, -0.1) is 0 Å². The number of nitrogens with zero attached hydrogens (tertiary/aromatic N) is 3. The van der Waals surface area contributed by atoms with Crippen molar-refractivity contribution in [1.29, 1.82) is 0 Å². The molecule has 0 unspecified atom stereocenters. The van der Waals surface area contributed by atoms with E-state index in [2.05, 4.69) is 0 Å². The SMILES string of the molecule is C.C.CC.CCC(=O)N1CCCCC1.CCC(=O)N1CCCCC1.O=CN1CCCC1. The van der Waals surface area contributed by atoms with Crippen LogP contribution in [0.3, 0.4) is 0 Å². The van der Waals surface area contributed by atoms with E-state index >= 15 is 0 Å². The van der Waals surface area contributed by atoms with Crippen LogP contribution in [-0.2, 0) is 14.4 Å². The Labute approximate surface area is 193 Å². The van der Waals surface area contributed by atoms with Crippen molar-refractivity contribution in [3.05, 3.63) is 0 Å². The molecule has 3 aliphatic rings. The average molecular weight is 444 g/mol. The van der Waals surface area contributed by atoms with Gasteiger partial charge in [0.2, 0.25) is 18.2 Å². The van der Waals surface area contributed by atoms with Crippen LogP contribution in [0.2, 0.25) is 0 Å². The minimum absolute atomic E-state index is 0. The Morgan fingerprint density at radius 3 is 1.13 bits per heavy atom. The first-order chi connectivity index (χ1) is 14.1. The van der Waals surface area contributed by atoms with E-state index in [0.29, 0.717) is 24.7 Å². The van der Waals surface area contributed by atoms with Crippen molar-refractivity contribution in [2.24, 2.45) is 0 Å². The third kappa shape index (κ3) is 15.8. The van der Waals surface area contributed by atoms with Crippen LogP contribution in [0.15, 0.2) is 0 Å². The number of hydrogen-bond donors (Lipinski definition) is 0. The fraction of sp³-hybridized carbons (Fsp3) is 0.880. The normalized spacial score (nSPS) is 17.1. The molecule has 3 heterocycles. The predicted molar refractivity (Wildman–Crippen MR) is 133 cm³/mol. The summed E-state index contributed by atoms with van der Waals surface area (Å²) in [7, 11) is 0. The van der Waals surface area contributed by atoms with Gasteiger partial charge in [-0.2, -0.15) is 0 Å². The highest BCUT2D eigenvalue weighted by molar-refractivity contribution is 5.76. The van der Waals surface area contributed by atoms with E-state index in [1.54, 1.807) is 4.90 Å². The Bertz CT molecular complexity index is 396. The topological polar surface area (TPSA) is 60.9 Å². The van der Waals surface area contributed by atoms with Gasteiger partial charge in [-0.05, 0) is 51.4 Å². The molecule has 3 aliphatic heterocycles. The Hall–Kier alpha value is -1.59. The van der Waals surface area contributed by atoms with E-state index in [9.17, 15) is 14.4 Å². The summed E-state index contributed by atoms with van der Waals surface area (Å²) in [6.45, 7) is 13.8. The van der Waals surface area contributed by atoms with Crippen molar-refractivity contribution in [2.75, 3.05) is 39.3 Å². The molecule has 0 atom stereocenters. The Morgan fingerprint density at radius 1 is 0.613 bits per heavy atom. The lowest BCUT2D eigenvalue weighted by molar-refractivity contribution is -0.132. The summed E-state index contributed by atoms with van der Waals surface area (Å²) in [4.78, 5) is 37.9. The summed E-state index contributed by atoms with van der Waals surface area (Å²) in [5.41, 5.74) is 0. The summed E-state index contributed by atoms with van der Waals surface area (Å²) >= 11 is 0. The lowest BCUT2D eigenvalue weighted by atomic mass is 10.1. The number of hydrogen-bond acceptors (Lipinski definition) is 3. The molecule has 3 rings (SSSR count). The smallest absolute Gasteiger partial charge is 0.222 e. The van der Waals surface area contributed by atoms with E-state index in [4.69, 9.17) is 0 Å². The molecule has 0 N–H and O–H groups in total. The molecule has 0 aromatic rings. The molecule has 0 aromatic carbocycles. The van der Waals surface area contributed by atoms with Gasteiger partial charge in [0.1, 0.15) is 0 Å². The minimum atomic E-state index is 0. The summed E-state index contributed by atoms with van der Waals surface area (Å²) < 4.78 is 0. The van der Waals surface area contributed by atoms with Crippen LogP contribution in [0.1, 0.15) is 107 Å². The predicted octanol–water partition coefficient (Wildman–Crippen LogP) is 5.35. The molecule has 186 valence electrons. The Kier molecular flexibility index (Phi) is 25.3. The molecular weight excluding hydrogens is 390 g/mol. The molecule has 6 nitrogen and oxygen atoms in total. The first-order valence-electron chi connectivity index (χ1n) is 11.9. The maximum absolute atomic E-state index is 11.1. The fourth-order valence-corrected chi connectivity index (χ4v) is 3.58. The van der Waals surface area contributed by atoms with Crippen molar-refractivity contribution >= 4 is 18.2 Å². The maximum Gasteiger partial charge on any atom is 0.222 e. The molecule has 0 radical (unpaired) electrons. The van der Waals surface area contributed by atoms with Crippen molar-refractivity contribution in [1.82, 2.24) is 14.7 Å². The van der Waals surface area contributed by atoms with Gasteiger partial charge >= 0.3 is 0 Å². The molecule has 3 saturated heterocycles. The van der Waals surface area contributed by atoms with E-state index in [0.717, 1.165) is 45.7 Å². The lowest BCUT2D eigenvalue weighted by Gasteiger charge is -2.26. The quantitative estimate of drug-likeness (QED) is 0.552. The zero-order chi connectivity index (χ0) is 21.9. The van der Waals surface area contributed by atoms with Crippen molar-refractivity contribution in [2.45, 2.75) is 107 Å². The summed E-state index contributed by atoms with van der Waals surface area (Å²) in [6.07, 6.45) is 12.0. The van der Waals surface area contributed by atoms with Crippen molar-refractivity contribution < 1.29 is 14.4 Å². The lowest BCUT2D eigenvalue weighted by Crippen LogP contribution is -2.34. The van der Waals surface area contributed by atoms with E-state index < -0.39 is 0 Å². The molecule has 6 heteroatoms. The molecule has 31 heavy (non-hydrogen) atoms. The number of rotatable bonds is 3. The third-order valence-electron chi connectivity index (χ3n) is 5.31. The summed E-state index contributed by atoms with van der Waals surface area (Å²) in [5.74, 6) is 0.638. The van der Waals surface area contributed by atoms with Gasteiger partial charge in [0.15, 0.2) is 0 Å². The number of carbonyl (C=O) groups excluding carboxylic acids is 3. The van der Waals surface area contributed by atoms with Crippen LogP contribution in [0.5, 0.6) is 0 Å². The van der Waals surface area contributed by atoms with Crippen LogP contribution in [-0.4, -0.2) is 72.2 Å². The number of carbonyl (C=O) groups is 3. The second kappa shape index (κ2) is 23.1. The number of likely N-dealkylation sites (tertiary alicyclic amines) is 3. The van der Waals surface area contributed by atoms with Crippen LogP contribution in [0.4, 0.5) is 0 Å². The van der Waals surface area contributed by atoms with Gasteiger partial charge in [0.25, 0.3) is 0 Å². The second-order valence-corrected chi connectivity index (χ2v) is 7.44.